The van der Waals surface area contributed by atoms with E-state index in [1.165, 1.54) is 61.3 Å². The molecule has 0 heterocycles. The zero-order chi connectivity index (χ0) is 38.0. The van der Waals surface area contributed by atoms with Crippen molar-refractivity contribution < 1.29 is 0 Å². The summed E-state index contributed by atoms with van der Waals surface area (Å²) in [5, 5.41) is 0. The Morgan fingerprint density at radius 1 is 0.393 bits per heavy atom. The van der Waals surface area contributed by atoms with Crippen LogP contribution in [0.2, 0.25) is 0 Å². The number of rotatable bonds is 7. The number of para-hydroxylation sites is 2. The van der Waals surface area contributed by atoms with Gasteiger partial charge in [-0.3, -0.25) is 0 Å². The van der Waals surface area contributed by atoms with Gasteiger partial charge in [0.25, 0.3) is 0 Å². The van der Waals surface area contributed by atoms with Gasteiger partial charge in [0.1, 0.15) is 0 Å². The number of benzene rings is 7. The van der Waals surface area contributed by atoms with E-state index in [0.717, 1.165) is 41.3 Å². The molecule has 0 aliphatic heterocycles. The molecule has 0 bridgehead atoms. The molecule has 7 aromatic carbocycles. The maximum absolute atomic E-state index is 2.43. The molecular weight excluding hydrogens is 677 g/mol. The Labute approximate surface area is 331 Å². The second-order valence-electron chi connectivity index (χ2n) is 16.5. The highest BCUT2D eigenvalue weighted by atomic mass is 15.1. The van der Waals surface area contributed by atoms with Crippen molar-refractivity contribution in [2.45, 2.75) is 51.4 Å². The SMILES string of the molecule is CC1(C)C2=C(CCC=C2)c2ccc(N(c3ccccc3)c3ccc(-c4ccc(N(c5ccccc5)c5ccc6c(c5)C(C)(C)c5ccccc5-6)cc4)cc3)cc21. The van der Waals surface area contributed by atoms with E-state index in [1.807, 2.05) is 0 Å². The summed E-state index contributed by atoms with van der Waals surface area (Å²) in [6.07, 6.45) is 6.95. The number of fused-ring (bicyclic) bond motifs is 5. The molecule has 0 aromatic heterocycles. The summed E-state index contributed by atoms with van der Waals surface area (Å²) >= 11 is 0. The van der Waals surface area contributed by atoms with Gasteiger partial charge in [-0.05, 0) is 141 Å². The molecule has 0 spiro atoms. The van der Waals surface area contributed by atoms with Gasteiger partial charge < -0.3 is 9.80 Å². The first kappa shape index (κ1) is 34.1. The highest BCUT2D eigenvalue weighted by molar-refractivity contribution is 5.88. The molecule has 10 rings (SSSR count). The lowest BCUT2D eigenvalue weighted by Crippen LogP contribution is -2.18. The monoisotopic (exact) mass is 722 g/mol. The van der Waals surface area contributed by atoms with Crippen LogP contribution in [0.1, 0.15) is 62.8 Å². The summed E-state index contributed by atoms with van der Waals surface area (Å²) in [7, 11) is 0. The molecule has 7 aromatic rings. The third kappa shape index (κ3) is 5.46. The lowest BCUT2D eigenvalue weighted by atomic mass is 9.80. The number of hydrogen-bond donors (Lipinski definition) is 0. The Hall–Kier alpha value is -6.38. The summed E-state index contributed by atoms with van der Waals surface area (Å²) < 4.78 is 0. The summed E-state index contributed by atoms with van der Waals surface area (Å²) in [5.41, 5.74) is 20.5. The van der Waals surface area contributed by atoms with Gasteiger partial charge in [-0.1, -0.05) is 137 Å². The standard InChI is InChI=1S/C54H46N2/c1-53(2)49-21-13-11-19-45(49)47-33-31-43(35-51(47)53)55(39-15-7-5-8-16-39)41-27-23-37(24-28-41)38-25-29-42(30-26-38)56(40-17-9-6-10-18-40)44-32-34-48-46-20-12-14-22-50(46)54(3,4)52(48)36-44/h5-11,13-19,21-36H,12,20H2,1-4H3. The average molecular weight is 723 g/mol. The smallest absolute Gasteiger partial charge is 0.0465 e. The molecule has 0 unspecified atom stereocenters. The third-order valence-electron chi connectivity index (χ3n) is 12.5. The van der Waals surface area contributed by atoms with Gasteiger partial charge >= 0.3 is 0 Å². The molecule has 3 aliphatic carbocycles. The van der Waals surface area contributed by atoms with Crippen LogP contribution in [0.25, 0.3) is 27.8 Å². The maximum atomic E-state index is 2.43. The molecule has 0 amide bonds. The number of hydrogen-bond acceptors (Lipinski definition) is 2. The van der Waals surface area contributed by atoms with E-state index in [0.29, 0.717) is 0 Å². The highest BCUT2D eigenvalue weighted by Gasteiger charge is 2.38. The van der Waals surface area contributed by atoms with Crippen molar-refractivity contribution in [1.82, 2.24) is 0 Å². The summed E-state index contributed by atoms with van der Waals surface area (Å²) in [6.45, 7) is 9.46. The molecule has 0 saturated heterocycles. The third-order valence-corrected chi connectivity index (χ3v) is 12.5. The number of nitrogens with zero attached hydrogens (tertiary/aromatic N) is 2. The summed E-state index contributed by atoms with van der Waals surface area (Å²) in [4.78, 5) is 4.77. The Bertz CT molecular complexity index is 2660. The van der Waals surface area contributed by atoms with Crippen molar-refractivity contribution in [3.63, 3.8) is 0 Å². The molecule has 0 radical (unpaired) electrons. The Morgan fingerprint density at radius 2 is 0.839 bits per heavy atom. The molecule has 2 heteroatoms. The van der Waals surface area contributed by atoms with Crippen LogP contribution in [0.4, 0.5) is 34.1 Å². The fourth-order valence-electron chi connectivity index (χ4n) is 9.61. The van der Waals surface area contributed by atoms with Crippen molar-refractivity contribution in [2.24, 2.45) is 0 Å². The van der Waals surface area contributed by atoms with Crippen LogP contribution in [0.5, 0.6) is 0 Å². The molecule has 0 N–H and O–H groups in total. The summed E-state index contributed by atoms with van der Waals surface area (Å²) in [6, 6.07) is 62.5. The fraction of sp³-hybridized carbons (Fsp3) is 0.148. The van der Waals surface area contributed by atoms with Crippen molar-refractivity contribution >= 4 is 39.7 Å². The van der Waals surface area contributed by atoms with Crippen LogP contribution >= 0.6 is 0 Å². The van der Waals surface area contributed by atoms with Crippen molar-refractivity contribution in [2.75, 3.05) is 9.80 Å². The van der Waals surface area contributed by atoms with Gasteiger partial charge in [0, 0.05) is 45.0 Å². The van der Waals surface area contributed by atoms with Crippen LogP contribution in [0.3, 0.4) is 0 Å². The molecular formula is C54H46N2. The molecule has 56 heavy (non-hydrogen) atoms. The number of anilines is 6. The zero-order valence-electron chi connectivity index (χ0n) is 32.6. The van der Waals surface area contributed by atoms with E-state index in [4.69, 9.17) is 0 Å². The number of allylic oxidation sites excluding steroid dienone is 4. The van der Waals surface area contributed by atoms with Gasteiger partial charge in [-0.25, -0.2) is 0 Å². The first-order valence-corrected chi connectivity index (χ1v) is 20.0. The van der Waals surface area contributed by atoms with Crippen molar-refractivity contribution in [3.8, 4) is 22.3 Å². The van der Waals surface area contributed by atoms with E-state index in [2.05, 4.69) is 220 Å². The van der Waals surface area contributed by atoms with Gasteiger partial charge in [0.05, 0.1) is 0 Å². The minimum absolute atomic E-state index is 0.0188. The van der Waals surface area contributed by atoms with E-state index in [-0.39, 0.29) is 10.8 Å². The highest BCUT2D eigenvalue weighted by Crippen LogP contribution is 2.53. The van der Waals surface area contributed by atoms with Gasteiger partial charge in [-0.2, -0.15) is 0 Å². The van der Waals surface area contributed by atoms with Gasteiger partial charge in [0.15, 0.2) is 0 Å². The van der Waals surface area contributed by atoms with Crippen LogP contribution in [0.15, 0.2) is 188 Å². The maximum Gasteiger partial charge on any atom is 0.0465 e. The molecule has 272 valence electrons. The molecule has 0 fully saturated rings. The Kier molecular flexibility index (Phi) is 8.01. The van der Waals surface area contributed by atoms with Crippen LogP contribution < -0.4 is 9.80 Å². The van der Waals surface area contributed by atoms with Crippen LogP contribution in [-0.4, -0.2) is 0 Å². The van der Waals surface area contributed by atoms with Gasteiger partial charge in [0.2, 0.25) is 0 Å². The topological polar surface area (TPSA) is 6.48 Å². The lowest BCUT2D eigenvalue weighted by molar-refractivity contribution is 0.651. The van der Waals surface area contributed by atoms with E-state index in [9.17, 15) is 0 Å². The molecule has 2 nitrogen and oxygen atoms in total. The lowest BCUT2D eigenvalue weighted by Gasteiger charge is -2.29. The summed E-state index contributed by atoms with van der Waals surface area (Å²) in [5.74, 6) is 0. The zero-order valence-corrected chi connectivity index (χ0v) is 32.6. The molecule has 0 atom stereocenters. The normalized spacial score (nSPS) is 15.5. The second-order valence-corrected chi connectivity index (χ2v) is 16.5. The second kappa shape index (κ2) is 13.1. The minimum atomic E-state index is -0.0677. The first-order valence-electron chi connectivity index (χ1n) is 20.0. The van der Waals surface area contributed by atoms with E-state index < -0.39 is 0 Å². The predicted molar refractivity (Wildman–Crippen MR) is 237 cm³/mol. The predicted octanol–water partition coefficient (Wildman–Crippen LogP) is 15.0. The van der Waals surface area contributed by atoms with Gasteiger partial charge in [-0.15, -0.1) is 0 Å². The molecule has 3 aliphatic rings. The van der Waals surface area contributed by atoms with Crippen molar-refractivity contribution in [3.05, 3.63) is 210 Å². The largest absolute Gasteiger partial charge is 0.310 e. The average Bonchev–Trinajstić information content (AvgIpc) is 3.61. The van der Waals surface area contributed by atoms with E-state index in [1.54, 1.807) is 0 Å². The Morgan fingerprint density at radius 3 is 1.41 bits per heavy atom. The van der Waals surface area contributed by atoms with Crippen LogP contribution in [0, 0.1) is 0 Å². The fourth-order valence-corrected chi connectivity index (χ4v) is 9.61. The van der Waals surface area contributed by atoms with E-state index >= 15 is 0 Å². The first-order chi connectivity index (χ1) is 27.3. The van der Waals surface area contributed by atoms with Crippen LogP contribution in [-0.2, 0) is 10.8 Å². The van der Waals surface area contributed by atoms with Crippen molar-refractivity contribution in [1.29, 1.82) is 0 Å². The quantitative estimate of drug-likeness (QED) is 0.162. The molecule has 0 saturated carbocycles. The Balaban J connectivity index is 0.978. The minimum Gasteiger partial charge on any atom is -0.310 e.